The number of amides is 3. The van der Waals surface area contributed by atoms with Gasteiger partial charge in [-0.15, -0.1) is 0 Å². The monoisotopic (exact) mass is 473 g/mol. The first kappa shape index (κ1) is 22.9. The van der Waals surface area contributed by atoms with E-state index < -0.39 is 17.7 Å². The summed E-state index contributed by atoms with van der Waals surface area (Å²) in [5.74, 6) is 0.831. The molecule has 2 heterocycles. The molecule has 3 amide bonds. The molecule has 180 valence electrons. The largest absolute Gasteiger partial charge is 0.496 e. The number of benzene rings is 3. The predicted molar refractivity (Wildman–Crippen MR) is 129 cm³/mol. The number of β-amino-alcohol motifs (C(OH)–C–C–N with tert-alkyl or cyclic N) is 1. The van der Waals surface area contributed by atoms with Gasteiger partial charge in [-0.2, -0.15) is 0 Å². The first-order valence-corrected chi connectivity index (χ1v) is 11.4. The van der Waals surface area contributed by atoms with Gasteiger partial charge < -0.3 is 19.9 Å². The van der Waals surface area contributed by atoms with E-state index in [2.05, 4.69) is 5.32 Å². The first-order valence-electron chi connectivity index (χ1n) is 11.4. The number of aliphatic hydroxyl groups is 1. The van der Waals surface area contributed by atoms with Crippen molar-refractivity contribution in [2.45, 2.75) is 18.2 Å². The van der Waals surface area contributed by atoms with E-state index in [1.807, 2.05) is 65.6 Å². The molecule has 5 rings (SSSR count). The smallest absolute Gasteiger partial charge is 0.326 e. The van der Waals surface area contributed by atoms with Crippen LogP contribution in [0, 0.1) is 0 Å². The van der Waals surface area contributed by atoms with Crippen molar-refractivity contribution >= 4 is 11.9 Å². The molecule has 1 atom stereocenters. The number of ether oxygens (including phenoxy) is 2. The summed E-state index contributed by atoms with van der Waals surface area (Å²) in [6.07, 6.45) is -0.863. The minimum atomic E-state index is -1.33. The molecule has 1 saturated heterocycles. The third-order valence-electron chi connectivity index (χ3n) is 6.72. The summed E-state index contributed by atoms with van der Waals surface area (Å²) in [6, 6.07) is 21.6. The van der Waals surface area contributed by atoms with Crippen molar-refractivity contribution in [2.24, 2.45) is 0 Å². The molecule has 1 unspecified atom stereocenters. The quantitative estimate of drug-likeness (QED) is 0.535. The molecule has 0 aromatic heterocycles. The van der Waals surface area contributed by atoms with Gasteiger partial charge in [0, 0.05) is 24.2 Å². The van der Waals surface area contributed by atoms with Gasteiger partial charge in [0.15, 0.2) is 5.54 Å². The van der Waals surface area contributed by atoms with Crippen LogP contribution in [0.5, 0.6) is 11.5 Å². The summed E-state index contributed by atoms with van der Waals surface area (Å²) in [4.78, 5) is 30.3. The lowest BCUT2D eigenvalue weighted by atomic mass is 9.83. The maximum absolute atomic E-state index is 14.0. The minimum absolute atomic E-state index is 0.0168. The zero-order valence-corrected chi connectivity index (χ0v) is 19.6. The molecule has 2 N–H and O–H groups in total. The third kappa shape index (κ3) is 3.71. The number of urea groups is 1. The fourth-order valence-corrected chi connectivity index (χ4v) is 5.09. The molecule has 35 heavy (non-hydrogen) atoms. The Balaban J connectivity index is 1.49. The Morgan fingerprint density at radius 3 is 2.06 bits per heavy atom. The van der Waals surface area contributed by atoms with Crippen LogP contribution in [0.2, 0.25) is 0 Å². The van der Waals surface area contributed by atoms with E-state index in [4.69, 9.17) is 9.47 Å². The molecule has 8 heteroatoms. The summed E-state index contributed by atoms with van der Waals surface area (Å²) in [7, 11) is 3.13. The number of imide groups is 1. The molecule has 0 saturated carbocycles. The number of carbonyl (C=O) groups is 2. The molecule has 2 aliphatic heterocycles. The molecule has 3 aromatic carbocycles. The van der Waals surface area contributed by atoms with Crippen molar-refractivity contribution in [1.29, 1.82) is 0 Å². The number of aliphatic hydroxyl groups excluding tert-OH is 1. The molecule has 1 fully saturated rings. The maximum Gasteiger partial charge on any atom is 0.326 e. The zero-order valence-electron chi connectivity index (χ0n) is 19.6. The van der Waals surface area contributed by atoms with Crippen LogP contribution >= 0.6 is 0 Å². The van der Waals surface area contributed by atoms with Crippen LogP contribution < -0.4 is 14.8 Å². The van der Waals surface area contributed by atoms with E-state index in [1.54, 1.807) is 26.4 Å². The summed E-state index contributed by atoms with van der Waals surface area (Å²) in [5, 5.41) is 13.9. The highest BCUT2D eigenvalue weighted by atomic mass is 16.5. The van der Waals surface area contributed by atoms with Crippen LogP contribution in [-0.4, -0.2) is 54.3 Å². The molecule has 0 bridgehead atoms. The van der Waals surface area contributed by atoms with E-state index in [1.165, 1.54) is 4.90 Å². The second-order valence-corrected chi connectivity index (χ2v) is 8.68. The average molecular weight is 474 g/mol. The second kappa shape index (κ2) is 9.05. The highest BCUT2D eigenvalue weighted by molar-refractivity contribution is 6.09. The Hall–Kier alpha value is -3.88. The SMILES string of the molecule is COc1ccc(OC)c2c1CN(CN1C(=O)NC(c3ccccc3)(c3ccccc3)C1=O)CC2O. The van der Waals surface area contributed by atoms with Crippen LogP contribution in [0.1, 0.15) is 28.4 Å². The van der Waals surface area contributed by atoms with Crippen LogP contribution in [0.15, 0.2) is 72.8 Å². The van der Waals surface area contributed by atoms with Crippen LogP contribution in [0.4, 0.5) is 4.79 Å². The van der Waals surface area contributed by atoms with Gasteiger partial charge >= 0.3 is 6.03 Å². The lowest BCUT2D eigenvalue weighted by Gasteiger charge is -2.35. The van der Waals surface area contributed by atoms with Gasteiger partial charge in [0.1, 0.15) is 11.5 Å². The van der Waals surface area contributed by atoms with Gasteiger partial charge in [-0.25, -0.2) is 9.69 Å². The molecule has 3 aromatic rings. The number of fused-ring (bicyclic) bond motifs is 1. The highest BCUT2D eigenvalue weighted by Crippen LogP contribution is 2.40. The van der Waals surface area contributed by atoms with E-state index >= 15 is 0 Å². The topological polar surface area (TPSA) is 91.3 Å². The summed E-state index contributed by atoms with van der Waals surface area (Å²) < 4.78 is 11.0. The van der Waals surface area contributed by atoms with Crippen LogP contribution in [0.25, 0.3) is 0 Å². The average Bonchev–Trinajstić information content (AvgIpc) is 3.14. The van der Waals surface area contributed by atoms with Gasteiger partial charge in [-0.3, -0.25) is 9.69 Å². The van der Waals surface area contributed by atoms with Crippen molar-refractivity contribution < 1.29 is 24.2 Å². The van der Waals surface area contributed by atoms with Gasteiger partial charge in [-0.1, -0.05) is 60.7 Å². The summed E-state index contributed by atoms with van der Waals surface area (Å²) >= 11 is 0. The summed E-state index contributed by atoms with van der Waals surface area (Å²) in [6.45, 7) is 0.633. The van der Waals surface area contributed by atoms with Crippen LogP contribution in [0.3, 0.4) is 0 Å². The second-order valence-electron chi connectivity index (χ2n) is 8.68. The number of hydrogen-bond donors (Lipinski definition) is 2. The molecular formula is C27H27N3O5. The van der Waals surface area contributed by atoms with Crippen LogP contribution in [-0.2, 0) is 16.9 Å². The number of nitrogens with zero attached hydrogens (tertiary/aromatic N) is 2. The number of hydrogen-bond acceptors (Lipinski definition) is 6. The summed E-state index contributed by atoms with van der Waals surface area (Å²) in [5.41, 5.74) is 1.48. The number of carbonyl (C=O) groups excluding carboxylic acids is 2. The highest BCUT2D eigenvalue weighted by Gasteiger charge is 2.54. The Labute approximate surface area is 203 Å². The lowest BCUT2D eigenvalue weighted by Crippen LogP contribution is -2.47. The van der Waals surface area contributed by atoms with E-state index in [0.717, 1.165) is 5.56 Å². The molecule has 0 aliphatic carbocycles. The molecule has 0 radical (unpaired) electrons. The fourth-order valence-electron chi connectivity index (χ4n) is 5.09. The third-order valence-corrected chi connectivity index (χ3v) is 6.72. The van der Waals surface area contributed by atoms with Crippen molar-refractivity contribution in [1.82, 2.24) is 15.1 Å². The Morgan fingerprint density at radius 1 is 0.914 bits per heavy atom. The van der Waals surface area contributed by atoms with E-state index in [0.29, 0.717) is 34.7 Å². The number of rotatable bonds is 6. The molecule has 0 spiro atoms. The van der Waals surface area contributed by atoms with E-state index in [9.17, 15) is 14.7 Å². The molecular weight excluding hydrogens is 446 g/mol. The van der Waals surface area contributed by atoms with Crippen molar-refractivity contribution in [3.8, 4) is 11.5 Å². The van der Waals surface area contributed by atoms with E-state index in [-0.39, 0.29) is 19.1 Å². The first-order chi connectivity index (χ1) is 17.0. The van der Waals surface area contributed by atoms with Crippen molar-refractivity contribution in [3.63, 3.8) is 0 Å². The fraction of sp³-hybridized carbons (Fsp3) is 0.259. The van der Waals surface area contributed by atoms with Gasteiger partial charge in [-0.05, 0) is 23.3 Å². The van der Waals surface area contributed by atoms with Gasteiger partial charge in [0.05, 0.1) is 27.0 Å². The van der Waals surface area contributed by atoms with Gasteiger partial charge in [0.25, 0.3) is 5.91 Å². The predicted octanol–water partition coefficient (Wildman–Crippen LogP) is 3.01. The maximum atomic E-state index is 14.0. The lowest BCUT2D eigenvalue weighted by molar-refractivity contribution is -0.132. The molecule has 8 nitrogen and oxygen atoms in total. The van der Waals surface area contributed by atoms with Crippen molar-refractivity contribution in [3.05, 3.63) is 95.1 Å². The number of methoxy groups -OCH3 is 2. The minimum Gasteiger partial charge on any atom is -0.496 e. The normalized spacial score (nSPS) is 19.3. The Bertz CT molecular complexity index is 1210. The zero-order chi connectivity index (χ0) is 24.6. The standard InChI is InChI=1S/C27H27N3O5/c1-34-22-13-14-23(35-2)24-20(22)15-29(16-21(24)31)17-30-25(32)27(28-26(30)33,18-9-5-3-6-10-18)19-11-7-4-8-12-19/h3-14,21,31H,15-17H2,1-2H3,(H,28,33). The number of nitrogens with one attached hydrogen (secondary N) is 1. The van der Waals surface area contributed by atoms with Crippen molar-refractivity contribution in [2.75, 3.05) is 27.4 Å². The Morgan fingerprint density at radius 2 is 1.49 bits per heavy atom. The Kier molecular flexibility index (Phi) is 5.92. The van der Waals surface area contributed by atoms with Gasteiger partial charge in [0.2, 0.25) is 0 Å². The molecule has 2 aliphatic rings.